The molecule has 0 spiro atoms. The fourth-order valence-electron chi connectivity index (χ4n) is 7.37. The molecule has 1 aliphatic rings. The van der Waals surface area contributed by atoms with Crippen LogP contribution in [0, 0.1) is 0 Å². The lowest BCUT2D eigenvalue weighted by Gasteiger charge is -2.14. The topological polar surface area (TPSA) is 51.6 Å². The molecule has 0 saturated heterocycles. The molecule has 4 heteroatoms. The molecule has 3 heterocycles. The van der Waals surface area contributed by atoms with Crippen molar-refractivity contribution < 1.29 is 0 Å². The molecule has 4 nitrogen and oxygen atoms in total. The first-order valence-corrected chi connectivity index (χ1v) is 16.1. The van der Waals surface area contributed by atoms with E-state index in [0.717, 1.165) is 55.6 Å². The van der Waals surface area contributed by atoms with Crippen LogP contribution in [0.25, 0.3) is 99.7 Å². The van der Waals surface area contributed by atoms with E-state index in [4.69, 9.17) is 9.97 Å². The lowest BCUT2D eigenvalue weighted by atomic mass is 9.91. The molecule has 222 valence electrons. The number of nitrogens with zero attached hydrogens (tertiary/aromatic N) is 4. The van der Waals surface area contributed by atoms with E-state index in [0.29, 0.717) is 0 Å². The third-order valence-corrected chi connectivity index (χ3v) is 9.59. The highest BCUT2D eigenvalue weighted by atomic mass is 14.8. The van der Waals surface area contributed by atoms with Crippen molar-refractivity contribution in [2.75, 3.05) is 0 Å². The van der Waals surface area contributed by atoms with Gasteiger partial charge in [-0.25, -0.2) is 15.0 Å². The number of fused-ring (bicyclic) bond motifs is 6. The van der Waals surface area contributed by atoms with Gasteiger partial charge < -0.3 is 0 Å². The fraction of sp³-hybridized carbons (Fsp3) is 0. The van der Waals surface area contributed by atoms with Crippen LogP contribution >= 0.6 is 0 Å². The van der Waals surface area contributed by atoms with Crippen molar-refractivity contribution in [2.45, 2.75) is 0 Å². The summed E-state index contributed by atoms with van der Waals surface area (Å²) in [5.41, 5.74) is 14.6. The van der Waals surface area contributed by atoms with Crippen LogP contribution in [0.1, 0.15) is 0 Å². The zero-order chi connectivity index (χ0) is 31.6. The first-order chi connectivity index (χ1) is 23.8. The Balaban J connectivity index is 1.07. The Bertz CT molecular complexity index is 2690. The molecule has 0 unspecified atom stereocenters. The Kier molecular flexibility index (Phi) is 5.84. The average molecular weight is 611 g/mol. The number of hydrogen-bond donors (Lipinski definition) is 0. The largest absolute Gasteiger partial charge is 0.254 e. The van der Waals surface area contributed by atoms with Gasteiger partial charge in [0, 0.05) is 40.5 Å². The average Bonchev–Trinajstić information content (AvgIpc) is 3.50. The summed E-state index contributed by atoms with van der Waals surface area (Å²) in [4.78, 5) is 18.9. The van der Waals surface area contributed by atoms with E-state index < -0.39 is 0 Å². The van der Waals surface area contributed by atoms with Crippen molar-refractivity contribution in [1.82, 2.24) is 19.9 Å². The van der Waals surface area contributed by atoms with E-state index in [2.05, 4.69) is 131 Å². The molecule has 6 aromatic carbocycles. The molecule has 48 heavy (non-hydrogen) atoms. The Labute approximate surface area is 277 Å². The third-order valence-electron chi connectivity index (χ3n) is 9.59. The second kappa shape index (κ2) is 10.5. The molecule has 0 atom stereocenters. The van der Waals surface area contributed by atoms with E-state index in [9.17, 15) is 0 Å². The van der Waals surface area contributed by atoms with Crippen molar-refractivity contribution in [3.8, 4) is 67.2 Å². The highest BCUT2D eigenvalue weighted by Gasteiger charge is 2.23. The number of hydrogen-bond acceptors (Lipinski definition) is 4. The van der Waals surface area contributed by atoms with Crippen molar-refractivity contribution in [2.24, 2.45) is 0 Å². The van der Waals surface area contributed by atoms with Crippen molar-refractivity contribution in [3.05, 3.63) is 158 Å². The van der Waals surface area contributed by atoms with Crippen LogP contribution in [0.15, 0.2) is 158 Å². The molecule has 0 radical (unpaired) electrons. The van der Waals surface area contributed by atoms with E-state index >= 15 is 0 Å². The number of benzene rings is 6. The predicted molar refractivity (Wildman–Crippen MR) is 196 cm³/mol. The summed E-state index contributed by atoms with van der Waals surface area (Å²) in [6.45, 7) is 0. The maximum absolute atomic E-state index is 5.21. The van der Waals surface area contributed by atoms with Crippen LogP contribution in [0.2, 0.25) is 0 Å². The minimum absolute atomic E-state index is 0.722. The van der Waals surface area contributed by atoms with Gasteiger partial charge in [-0.2, -0.15) is 0 Å². The highest BCUT2D eigenvalue weighted by molar-refractivity contribution is 6.21. The predicted octanol–water partition coefficient (Wildman–Crippen LogP) is 11.0. The standard InChI is InChI=1S/C44H26N4/c1-2-10-33-32(9-1)35-11-4-12-36-34(19-20-37(33)41(35)36)39-26-30-18-21-40(48-42(30)43-38(39)13-5-22-45-43)28-16-14-27(15-17-28)29-7-3-8-31(25-29)44-46-23-6-24-47-44/h1-26H. The third kappa shape index (κ3) is 4.10. The van der Waals surface area contributed by atoms with Gasteiger partial charge in [-0.05, 0) is 85.6 Å². The van der Waals surface area contributed by atoms with E-state index in [1.54, 1.807) is 12.4 Å². The van der Waals surface area contributed by atoms with Crippen LogP contribution in [0.3, 0.4) is 0 Å². The van der Waals surface area contributed by atoms with Crippen molar-refractivity contribution in [1.29, 1.82) is 0 Å². The lowest BCUT2D eigenvalue weighted by molar-refractivity contribution is 1.18. The van der Waals surface area contributed by atoms with Crippen LogP contribution in [-0.2, 0) is 0 Å². The van der Waals surface area contributed by atoms with Gasteiger partial charge in [0.05, 0.1) is 16.7 Å². The minimum atomic E-state index is 0.722. The van der Waals surface area contributed by atoms with Crippen LogP contribution < -0.4 is 0 Å². The Morgan fingerprint density at radius 3 is 1.90 bits per heavy atom. The van der Waals surface area contributed by atoms with Crippen LogP contribution in [0.5, 0.6) is 0 Å². The van der Waals surface area contributed by atoms with E-state index in [-0.39, 0.29) is 0 Å². The zero-order valence-corrected chi connectivity index (χ0v) is 25.8. The summed E-state index contributed by atoms with van der Waals surface area (Å²) >= 11 is 0. The summed E-state index contributed by atoms with van der Waals surface area (Å²) in [5.74, 6) is 0.722. The molecule has 3 aromatic heterocycles. The van der Waals surface area contributed by atoms with Crippen LogP contribution in [0.4, 0.5) is 0 Å². The Morgan fingerprint density at radius 1 is 0.354 bits per heavy atom. The van der Waals surface area contributed by atoms with Gasteiger partial charge in [-0.1, -0.05) is 109 Å². The maximum atomic E-state index is 5.21. The van der Waals surface area contributed by atoms with Gasteiger partial charge in [-0.3, -0.25) is 4.98 Å². The molecular formula is C44H26N4. The number of pyridine rings is 2. The molecule has 0 amide bonds. The summed E-state index contributed by atoms with van der Waals surface area (Å²) in [5, 5.41) is 4.76. The normalized spacial score (nSPS) is 11.8. The molecule has 0 N–H and O–H groups in total. The molecule has 0 saturated carbocycles. The molecule has 9 aromatic rings. The zero-order valence-electron chi connectivity index (χ0n) is 25.8. The monoisotopic (exact) mass is 610 g/mol. The van der Waals surface area contributed by atoms with Gasteiger partial charge in [0.2, 0.25) is 0 Å². The highest BCUT2D eigenvalue weighted by Crippen LogP contribution is 2.50. The Morgan fingerprint density at radius 2 is 1.04 bits per heavy atom. The maximum Gasteiger partial charge on any atom is 0.159 e. The van der Waals surface area contributed by atoms with E-state index in [1.165, 1.54) is 44.2 Å². The van der Waals surface area contributed by atoms with E-state index in [1.807, 2.05) is 24.4 Å². The first-order valence-electron chi connectivity index (χ1n) is 16.1. The van der Waals surface area contributed by atoms with Gasteiger partial charge in [-0.15, -0.1) is 0 Å². The van der Waals surface area contributed by atoms with Crippen molar-refractivity contribution >= 4 is 32.6 Å². The smallest absolute Gasteiger partial charge is 0.159 e. The quantitative estimate of drug-likeness (QED) is 0.186. The minimum Gasteiger partial charge on any atom is -0.254 e. The molecule has 1 aliphatic carbocycles. The molecule has 0 aliphatic heterocycles. The number of rotatable bonds is 4. The summed E-state index contributed by atoms with van der Waals surface area (Å²) in [6.07, 6.45) is 5.41. The summed E-state index contributed by atoms with van der Waals surface area (Å²) < 4.78 is 0. The van der Waals surface area contributed by atoms with Crippen LogP contribution in [-0.4, -0.2) is 19.9 Å². The molecule has 10 rings (SSSR count). The second-order valence-electron chi connectivity index (χ2n) is 12.3. The van der Waals surface area contributed by atoms with Gasteiger partial charge in [0.1, 0.15) is 0 Å². The van der Waals surface area contributed by atoms with Gasteiger partial charge >= 0.3 is 0 Å². The SMILES string of the molecule is c1cnc(-c2cccc(-c3ccc(-c4ccc5cc(-c6ccc7c8c(cccc68)-c6ccccc6-7)c6cccnc6c5n4)cc3)c2)nc1. The van der Waals surface area contributed by atoms with Gasteiger partial charge in [0.15, 0.2) is 5.82 Å². The molecule has 0 bridgehead atoms. The van der Waals surface area contributed by atoms with Gasteiger partial charge in [0.25, 0.3) is 0 Å². The van der Waals surface area contributed by atoms with Crippen molar-refractivity contribution in [3.63, 3.8) is 0 Å². The fourth-order valence-corrected chi connectivity index (χ4v) is 7.37. The summed E-state index contributed by atoms with van der Waals surface area (Å²) in [7, 11) is 0. The molecule has 0 fully saturated rings. The second-order valence-corrected chi connectivity index (χ2v) is 12.3. The molecular weight excluding hydrogens is 585 g/mol. The summed E-state index contributed by atoms with van der Waals surface area (Å²) in [6, 6.07) is 49.5. The first kappa shape index (κ1) is 26.7. The Hall–Kier alpha value is -6.52. The lowest BCUT2D eigenvalue weighted by Crippen LogP contribution is -1.92. The number of aromatic nitrogens is 4.